The van der Waals surface area contributed by atoms with Crippen LogP contribution in [-0.2, 0) is 9.53 Å². The summed E-state index contributed by atoms with van der Waals surface area (Å²) in [6.45, 7) is 0.681. The first kappa shape index (κ1) is 15.5. The zero-order valence-electron chi connectivity index (χ0n) is 12.1. The third-order valence-electron chi connectivity index (χ3n) is 3.56. The van der Waals surface area contributed by atoms with E-state index in [-0.39, 0.29) is 18.9 Å². The summed E-state index contributed by atoms with van der Waals surface area (Å²) < 4.78 is 10.3. The van der Waals surface area contributed by atoms with Crippen LogP contribution < -0.4 is 5.73 Å². The topological polar surface area (TPSA) is 98.7 Å². The predicted molar refractivity (Wildman–Crippen MR) is 81.8 cm³/mol. The summed E-state index contributed by atoms with van der Waals surface area (Å²) >= 11 is 5.94. The number of amides is 2. The number of aromatic nitrogens is 1. The molecular formula is C15H14ClN3O4. The number of morpholine rings is 1. The number of hydrogen-bond donors (Lipinski definition) is 1. The predicted octanol–water partition coefficient (Wildman–Crippen LogP) is 1.32. The maximum absolute atomic E-state index is 12.5. The molecule has 1 aromatic carbocycles. The molecule has 0 bridgehead atoms. The molecule has 1 unspecified atom stereocenters. The third kappa shape index (κ3) is 3.20. The largest absolute Gasteiger partial charge is 0.377 e. The van der Waals surface area contributed by atoms with Crippen LogP contribution in [-0.4, -0.2) is 47.7 Å². The van der Waals surface area contributed by atoms with Gasteiger partial charge in [-0.1, -0.05) is 28.9 Å². The molecule has 1 fully saturated rings. The zero-order chi connectivity index (χ0) is 16.4. The van der Waals surface area contributed by atoms with Crippen molar-refractivity contribution >= 4 is 23.4 Å². The highest BCUT2D eigenvalue weighted by molar-refractivity contribution is 6.30. The Hall–Kier alpha value is -2.38. The van der Waals surface area contributed by atoms with Gasteiger partial charge in [0.25, 0.3) is 5.91 Å². The number of halogens is 1. The molecule has 2 aromatic rings. The summed E-state index contributed by atoms with van der Waals surface area (Å²) in [6.07, 6.45) is 0. The van der Waals surface area contributed by atoms with E-state index in [4.69, 9.17) is 26.6 Å². The van der Waals surface area contributed by atoms with Crippen LogP contribution in [0.25, 0.3) is 11.3 Å². The molecule has 23 heavy (non-hydrogen) atoms. The van der Waals surface area contributed by atoms with Crippen molar-refractivity contribution in [2.45, 2.75) is 6.04 Å². The minimum absolute atomic E-state index is 0.0353. The summed E-state index contributed by atoms with van der Waals surface area (Å²) in [6, 6.07) is 7.74. The summed E-state index contributed by atoms with van der Waals surface area (Å²) in [5.74, 6) is -1.03. The van der Waals surface area contributed by atoms with Gasteiger partial charge in [0, 0.05) is 23.2 Å². The normalized spacial score (nSPS) is 18.0. The Morgan fingerprint density at radius 1 is 1.35 bits per heavy atom. The molecule has 2 amide bonds. The first-order valence-electron chi connectivity index (χ1n) is 6.97. The molecule has 8 heteroatoms. The van der Waals surface area contributed by atoms with Gasteiger partial charge in [-0.15, -0.1) is 0 Å². The Morgan fingerprint density at radius 3 is 2.91 bits per heavy atom. The van der Waals surface area contributed by atoms with E-state index in [1.165, 1.54) is 11.0 Å². The molecule has 1 saturated heterocycles. The van der Waals surface area contributed by atoms with Crippen LogP contribution in [0.3, 0.4) is 0 Å². The van der Waals surface area contributed by atoms with Gasteiger partial charge in [-0.3, -0.25) is 9.59 Å². The molecule has 1 aromatic heterocycles. The lowest BCUT2D eigenvalue weighted by atomic mass is 10.1. The van der Waals surface area contributed by atoms with Crippen molar-refractivity contribution in [1.82, 2.24) is 10.1 Å². The number of hydrogen-bond acceptors (Lipinski definition) is 5. The molecule has 3 rings (SSSR count). The van der Waals surface area contributed by atoms with Gasteiger partial charge in [-0.25, -0.2) is 0 Å². The van der Waals surface area contributed by atoms with Gasteiger partial charge in [0.15, 0.2) is 0 Å². The van der Waals surface area contributed by atoms with E-state index in [9.17, 15) is 9.59 Å². The van der Waals surface area contributed by atoms with Gasteiger partial charge in [0.2, 0.25) is 11.7 Å². The number of primary amides is 1. The quantitative estimate of drug-likeness (QED) is 0.912. The number of benzene rings is 1. The number of nitrogens with zero attached hydrogens (tertiary/aromatic N) is 2. The number of carbonyl (C=O) groups excluding carboxylic acids is 2. The first-order valence-corrected chi connectivity index (χ1v) is 7.35. The lowest BCUT2D eigenvalue weighted by Crippen LogP contribution is -2.54. The van der Waals surface area contributed by atoms with E-state index in [1.54, 1.807) is 24.3 Å². The van der Waals surface area contributed by atoms with Crippen LogP contribution in [0.4, 0.5) is 0 Å². The average Bonchev–Trinajstić information content (AvgIpc) is 3.04. The number of ether oxygens (including phenoxy) is 1. The van der Waals surface area contributed by atoms with Crippen molar-refractivity contribution in [2.24, 2.45) is 5.73 Å². The molecule has 120 valence electrons. The van der Waals surface area contributed by atoms with Gasteiger partial charge in [0.1, 0.15) is 11.7 Å². The van der Waals surface area contributed by atoms with Crippen molar-refractivity contribution in [3.63, 3.8) is 0 Å². The van der Waals surface area contributed by atoms with Gasteiger partial charge < -0.3 is 19.9 Å². The van der Waals surface area contributed by atoms with Crippen LogP contribution in [0.5, 0.6) is 0 Å². The Balaban J connectivity index is 1.84. The Labute approximate surface area is 136 Å². The minimum atomic E-state index is -0.809. The molecule has 0 spiro atoms. The second-order valence-corrected chi connectivity index (χ2v) is 5.51. The van der Waals surface area contributed by atoms with E-state index < -0.39 is 17.9 Å². The van der Waals surface area contributed by atoms with Crippen molar-refractivity contribution in [2.75, 3.05) is 19.8 Å². The van der Waals surface area contributed by atoms with E-state index in [2.05, 4.69) is 5.16 Å². The molecule has 0 aliphatic carbocycles. The Kier molecular flexibility index (Phi) is 4.31. The second-order valence-electron chi connectivity index (χ2n) is 5.08. The standard InChI is InChI=1S/C15H14ClN3O4/c16-10-3-1-2-9(6-10)11-7-13(23-18-11)15(21)19-4-5-22-8-12(19)14(17)20/h1-3,6-7,12H,4-5,8H2,(H2,17,20). The third-order valence-corrected chi connectivity index (χ3v) is 3.79. The van der Waals surface area contributed by atoms with Crippen LogP contribution in [0.1, 0.15) is 10.6 Å². The second kappa shape index (κ2) is 6.39. The lowest BCUT2D eigenvalue weighted by molar-refractivity contribution is -0.127. The fraction of sp³-hybridized carbons (Fsp3) is 0.267. The van der Waals surface area contributed by atoms with Gasteiger partial charge in [0.05, 0.1) is 13.2 Å². The van der Waals surface area contributed by atoms with Crippen molar-refractivity contribution in [3.8, 4) is 11.3 Å². The minimum Gasteiger partial charge on any atom is -0.377 e. The lowest BCUT2D eigenvalue weighted by Gasteiger charge is -2.32. The monoisotopic (exact) mass is 335 g/mol. The van der Waals surface area contributed by atoms with Crippen LogP contribution in [0.15, 0.2) is 34.9 Å². The highest BCUT2D eigenvalue weighted by Crippen LogP contribution is 2.23. The molecule has 1 atom stereocenters. The summed E-state index contributed by atoms with van der Waals surface area (Å²) in [5, 5.41) is 4.44. The highest BCUT2D eigenvalue weighted by atomic mass is 35.5. The summed E-state index contributed by atoms with van der Waals surface area (Å²) in [4.78, 5) is 25.3. The number of nitrogens with two attached hydrogens (primary N) is 1. The summed E-state index contributed by atoms with van der Waals surface area (Å²) in [5.41, 5.74) is 6.53. The SMILES string of the molecule is NC(=O)C1COCCN1C(=O)c1cc(-c2cccc(Cl)c2)no1. The maximum Gasteiger partial charge on any atom is 0.293 e. The fourth-order valence-electron chi connectivity index (χ4n) is 2.38. The van der Waals surface area contributed by atoms with Crippen LogP contribution >= 0.6 is 11.6 Å². The maximum atomic E-state index is 12.5. The Morgan fingerprint density at radius 2 is 2.17 bits per heavy atom. The summed E-state index contributed by atoms with van der Waals surface area (Å²) in [7, 11) is 0. The average molecular weight is 336 g/mol. The number of carbonyl (C=O) groups is 2. The molecule has 7 nitrogen and oxygen atoms in total. The first-order chi connectivity index (χ1) is 11.1. The van der Waals surface area contributed by atoms with Crippen molar-refractivity contribution in [1.29, 1.82) is 0 Å². The zero-order valence-corrected chi connectivity index (χ0v) is 12.8. The molecule has 0 saturated carbocycles. The molecule has 0 radical (unpaired) electrons. The van der Waals surface area contributed by atoms with Crippen molar-refractivity contribution in [3.05, 3.63) is 41.1 Å². The smallest absolute Gasteiger partial charge is 0.293 e. The number of rotatable bonds is 3. The van der Waals surface area contributed by atoms with Gasteiger partial charge in [-0.05, 0) is 12.1 Å². The van der Waals surface area contributed by atoms with E-state index in [0.29, 0.717) is 17.3 Å². The van der Waals surface area contributed by atoms with E-state index in [0.717, 1.165) is 5.56 Å². The van der Waals surface area contributed by atoms with E-state index >= 15 is 0 Å². The molecule has 1 aliphatic heterocycles. The van der Waals surface area contributed by atoms with E-state index in [1.807, 2.05) is 0 Å². The molecule has 1 aliphatic rings. The van der Waals surface area contributed by atoms with Crippen LogP contribution in [0, 0.1) is 0 Å². The van der Waals surface area contributed by atoms with Gasteiger partial charge in [-0.2, -0.15) is 0 Å². The molecular weight excluding hydrogens is 322 g/mol. The molecule has 2 heterocycles. The van der Waals surface area contributed by atoms with Crippen LogP contribution in [0.2, 0.25) is 5.02 Å². The van der Waals surface area contributed by atoms with Gasteiger partial charge >= 0.3 is 0 Å². The molecule has 2 N–H and O–H groups in total. The van der Waals surface area contributed by atoms with Crippen molar-refractivity contribution < 1.29 is 18.8 Å². The highest BCUT2D eigenvalue weighted by Gasteiger charge is 2.33. The Bertz CT molecular complexity index is 746. The fourth-order valence-corrected chi connectivity index (χ4v) is 2.57.